The highest BCUT2D eigenvalue weighted by Crippen LogP contribution is 2.36. The number of halogens is 6. The zero-order valence-electron chi connectivity index (χ0n) is 22.4. The Hall–Kier alpha value is -2.86. The Kier molecular flexibility index (Phi) is 8.50. The summed E-state index contributed by atoms with van der Waals surface area (Å²) in [5.41, 5.74) is 0.739. The minimum absolute atomic E-state index is 0.0889. The van der Waals surface area contributed by atoms with Gasteiger partial charge in [-0.2, -0.15) is 13.2 Å². The van der Waals surface area contributed by atoms with Gasteiger partial charge in [0, 0.05) is 43.7 Å². The number of carbonyl (C=O) groups excluding carboxylic acids is 1. The molecule has 5 rings (SSSR count). The summed E-state index contributed by atoms with van der Waals surface area (Å²) in [6, 6.07) is 14.2. The summed E-state index contributed by atoms with van der Waals surface area (Å²) in [6.07, 6.45) is -4.25. The fourth-order valence-corrected chi connectivity index (χ4v) is 7.52. The second-order valence-corrected chi connectivity index (χ2v) is 13.4. The number of anilines is 1. The van der Waals surface area contributed by atoms with Gasteiger partial charge in [-0.25, -0.2) is 12.8 Å². The summed E-state index contributed by atoms with van der Waals surface area (Å²) >= 11 is 12.4. The van der Waals surface area contributed by atoms with E-state index in [1.807, 2.05) is 11.0 Å². The molecule has 0 aromatic heterocycles. The van der Waals surface area contributed by atoms with Crippen molar-refractivity contribution in [1.82, 2.24) is 9.80 Å². The summed E-state index contributed by atoms with van der Waals surface area (Å²) < 4.78 is 79.3. The van der Waals surface area contributed by atoms with Crippen LogP contribution in [0, 0.1) is 5.82 Å². The van der Waals surface area contributed by atoms with Gasteiger partial charge in [-0.05, 0) is 73.1 Å². The van der Waals surface area contributed by atoms with Crippen molar-refractivity contribution in [3.8, 4) is 0 Å². The van der Waals surface area contributed by atoms with E-state index < -0.39 is 27.6 Å². The van der Waals surface area contributed by atoms with E-state index >= 15 is 0 Å². The van der Waals surface area contributed by atoms with Crippen molar-refractivity contribution in [3.63, 3.8) is 0 Å². The highest BCUT2D eigenvalue weighted by molar-refractivity contribution is 7.93. The zero-order chi connectivity index (χ0) is 30.4. The predicted molar refractivity (Wildman–Crippen MR) is 154 cm³/mol. The summed E-state index contributed by atoms with van der Waals surface area (Å²) in [4.78, 5) is 17.1. The maximum absolute atomic E-state index is 14.3. The Morgan fingerprint density at radius 3 is 2.31 bits per heavy atom. The van der Waals surface area contributed by atoms with Crippen LogP contribution in [0.15, 0.2) is 60.7 Å². The van der Waals surface area contributed by atoms with E-state index in [0.29, 0.717) is 46.4 Å². The minimum atomic E-state index is -4.79. The van der Waals surface area contributed by atoms with Gasteiger partial charge in [0.1, 0.15) is 5.82 Å². The van der Waals surface area contributed by atoms with Gasteiger partial charge in [0.15, 0.2) is 0 Å². The SMILES string of the molecule is CN(Cc1ccc(C(F)(F)F)c(F)c1)C1CN(C(=O)c2ccc(N3CCCS3(=O)=O)cc2)CC1c1ccc(Cl)c(Cl)c1. The summed E-state index contributed by atoms with van der Waals surface area (Å²) in [5, 5.41) is 0.717. The molecule has 2 heterocycles. The number of rotatable bonds is 6. The molecule has 0 radical (unpaired) electrons. The van der Waals surface area contributed by atoms with Gasteiger partial charge in [-0.1, -0.05) is 35.3 Å². The van der Waals surface area contributed by atoms with Gasteiger partial charge in [0.25, 0.3) is 5.91 Å². The molecule has 6 nitrogen and oxygen atoms in total. The molecule has 224 valence electrons. The van der Waals surface area contributed by atoms with Crippen molar-refractivity contribution in [2.75, 3.05) is 36.7 Å². The molecule has 13 heteroatoms. The second kappa shape index (κ2) is 11.7. The first-order valence-electron chi connectivity index (χ1n) is 13.1. The van der Waals surface area contributed by atoms with E-state index in [1.165, 1.54) is 10.4 Å². The highest BCUT2D eigenvalue weighted by atomic mass is 35.5. The van der Waals surface area contributed by atoms with Gasteiger partial charge in [-0.3, -0.25) is 14.0 Å². The van der Waals surface area contributed by atoms with Crippen molar-refractivity contribution in [2.24, 2.45) is 0 Å². The van der Waals surface area contributed by atoms with Crippen LogP contribution in [0.3, 0.4) is 0 Å². The maximum Gasteiger partial charge on any atom is 0.419 e. The Labute approximate surface area is 251 Å². The number of hydrogen-bond acceptors (Lipinski definition) is 4. The molecule has 0 bridgehead atoms. The molecular weight excluding hydrogens is 617 g/mol. The average Bonchev–Trinajstić information content (AvgIpc) is 3.52. The van der Waals surface area contributed by atoms with E-state index in [4.69, 9.17) is 23.2 Å². The average molecular weight is 645 g/mol. The van der Waals surface area contributed by atoms with Crippen LogP contribution in [0.4, 0.5) is 23.2 Å². The lowest BCUT2D eigenvalue weighted by molar-refractivity contribution is -0.140. The van der Waals surface area contributed by atoms with E-state index in [2.05, 4.69) is 0 Å². The van der Waals surface area contributed by atoms with E-state index in [9.17, 15) is 30.8 Å². The van der Waals surface area contributed by atoms with Crippen LogP contribution in [-0.2, 0) is 22.7 Å². The standard InChI is InChI=1S/C29H27Cl2F4N3O3S/c1-36(15-18-3-9-23(26(32)13-18)29(33,34)35)27-17-37(16-22(27)20-6-10-24(30)25(31)14-20)28(39)19-4-7-21(8-5-19)38-11-2-12-42(38,40)41/h3-10,13-14,22,27H,2,11-12,15-17H2,1H3. The first kappa shape index (κ1) is 30.6. The number of amides is 1. The van der Waals surface area contributed by atoms with E-state index in [-0.39, 0.29) is 36.7 Å². The lowest BCUT2D eigenvalue weighted by Gasteiger charge is -2.29. The number of alkyl halides is 3. The number of carbonyl (C=O) groups is 1. The number of likely N-dealkylation sites (tertiary alicyclic amines) is 1. The van der Waals surface area contributed by atoms with Crippen LogP contribution >= 0.6 is 23.2 Å². The monoisotopic (exact) mass is 643 g/mol. The number of likely N-dealkylation sites (N-methyl/N-ethyl adjacent to an activating group) is 1. The molecule has 2 saturated heterocycles. The maximum atomic E-state index is 14.3. The summed E-state index contributed by atoms with van der Waals surface area (Å²) in [6.45, 7) is 1.13. The number of hydrogen-bond donors (Lipinski definition) is 0. The minimum Gasteiger partial charge on any atom is -0.336 e. The molecule has 2 fully saturated rings. The first-order valence-corrected chi connectivity index (χ1v) is 15.5. The van der Waals surface area contributed by atoms with Crippen molar-refractivity contribution < 1.29 is 30.8 Å². The Morgan fingerprint density at radius 1 is 1.00 bits per heavy atom. The molecular formula is C29H27Cl2F4N3O3S. The van der Waals surface area contributed by atoms with Gasteiger partial charge in [0.2, 0.25) is 10.0 Å². The van der Waals surface area contributed by atoms with Crippen molar-refractivity contribution >= 4 is 44.8 Å². The lowest BCUT2D eigenvalue weighted by Crippen LogP contribution is -2.38. The smallest absolute Gasteiger partial charge is 0.336 e. The van der Waals surface area contributed by atoms with Crippen molar-refractivity contribution in [2.45, 2.75) is 31.1 Å². The predicted octanol–water partition coefficient (Wildman–Crippen LogP) is 6.43. The van der Waals surface area contributed by atoms with Crippen LogP contribution in [-0.4, -0.2) is 62.6 Å². The quantitative estimate of drug-likeness (QED) is 0.291. The molecule has 2 aliphatic rings. The third-order valence-corrected chi connectivity index (χ3v) is 10.4. The molecule has 42 heavy (non-hydrogen) atoms. The van der Waals surface area contributed by atoms with E-state index in [0.717, 1.165) is 17.7 Å². The summed E-state index contributed by atoms with van der Waals surface area (Å²) in [7, 11) is -1.59. The van der Waals surface area contributed by atoms with Crippen LogP contribution < -0.4 is 4.31 Å². The molecule has 0 saturated carbocycles. The van der Waals surface area contributed by atoms with Crippen LogP contribution in [0.1, 0.15) is 39.4 Å². The molecule has 0 aliphatic carbocycles. The zero-order valence-corrected chi connectivity index (χ0v) is 24.7. The molecule has 3 aromatic rings. The third-order valence-electron chi connectivity index (χ3n) is 7.79. The van der Waals surface area contributed by atoms with Crippen LogP contribution in [0.5, 0.6) is 0 Å². The normalized spacial score (nSPS) is 20.5. The first-order chi connectivity index (χ1) is 19.7. The fraction of sp³-hybridized carbons (Fsp3) is 0.345. The second-order valence-electron chi connectivity index (χ2n) is 10.6. The van der Waals surface area contributed by atoms with Crippen molar-refractivity contribution in [3.05, 3.63) is 98.8 Å². The van der Waals surface area contributed by atoms with Crippen molar-refractivity contribution in [1.29, 1.82) is 0 Å². The Bertz CT molecular complexity index is 1600. The van der Waals surface area contributed by atoms with Gasteiger partial charge >= 0.3 is 6.18 Å². The molecule has 2 aliphatic heterocycles. The van der Waals surface area contributed by atoms with E-state index in [1.54, 1.807) is 48.3 Å². The molecule has 1 amide bonds. The van der Waals surface area contributed by atoms with Gasteiger partial charge in [0.05, 0.1) is 27.0 Å². The Morgan fingerprint density at radius 2 is 1.71 bits per heavy atom. The fourth-order valence-electron chi connectivity index (χ4n) is 5.64. The Balaban J connectivity index is 1.38. The van der Waals surface area contributed by atoms with Crippen LogP contribution in [0.25, 0.3) is 0 Å². The molecule has 3 aromatic carbocycles. The number of nitrogens with zero attached hydrogens (tertiary/aromatic N) is 3. The molecule has 0 N–H and O–H groups in total. The molecule has 2 atom stereocenters. The van der Waals surface area contributed by atoms with Crippen LogP contribution in [0.2, 0.25) is 10.0 Å². The highest BCUT2D eigenvalue weighted by Gasteiger charge is 2.39. The number of sulfonamides is 1. The summed E-state index contributed by atoms with van der Waals surface area (Å²) in [5.74, 6) is -1.75. The third kappa shape index (κ3) is 6.24. The number of benzene rings is 3. The topological polar surface area (TPSA) is 60.9 Å². The molecule has 2 unspecified atom stereocenters. The van der Waals surface area contributed by atoms with Gasteiger partial charge in [-0.15, -0.1) is 0 Å². The van der Waals surface area contributed by atoms with Gasteiger partial charge < -0.3 is 4.90 Å². The lowest BCUT2D eigenvalue weighted by atomic mass is 9.93. The largest absolute Gasteiger partial charge is 0.419 e. The molecule has 0 spiro atoms.